The molecule has 1 unspecified atom stereocenters. The summed E-state index contributed by atoms with van der Waals surface area (Å²) in [5, 5.41) is 0. The van der Waals surface area contributed by atoms with Crippen molar-refractivity contribution in [3.05, 3.63) is 58.9 Å². The number of hydrogen-bond donors (Lipinski definition) is 0. The maximum absolute atomic E-state index is 12.9. The summed E-state index contributed by atoms with van der Waals surface area (Å²) in [6.07, 6.45) is -2.96. The van der Waals surface area contributed by atoms with Crippen LogP contribution in [0.25, 0.3) is 0 Å². The highest BCUT2D eigenvalue weighted by Crippen LogP contribution is 2.38. The first kappa shape index (κ1) is 18.9. The van der Waals surface area contributed by atoms with Crippen molar-refractivity contribution < 1.29 is 26.4 Å². The van der Waals surface area contributed by atoms with E-state index >= 15 is 0 Å². The lowest BCUT2D eigenvalue weighted by Crippen LogP contribution is -2.49. The summed E-state index contributed by atoms with van der Waals surface area (Å²) < 4.78 is 65.2. The molecule has 1 amide bonds. The van der Waals surface area contributed by atoms with Gasteiger partial charge in [-0.05, 0) is 42.8 Å². The first-order valence-corrected chi connectivity index (χ1v) is 9.98. The van der Waals surface area contributed by atoms with Crippen LogP contribution in [-0.2, 0) is 16.2 Å². The van der Waals surface area contributed by atoms with Crippen molar-refractivity contribution in [3.63, 3.8) is 0 Å². The highest BCUT2D eigenvalue weighted by atomic mass is 32.2. The number of aryl methyl sites for hydroxylation is 1. The Balaban J connectivity index is 1.64. The van der Waals surface area contributed by atoms with E-state index in [0.29, 0.717) is 11.3 Å². The van der Waals surface area contributed by atoms with Crippen LogP contribution in [-0.4, -0.2) is 48.1 Å². The fourth-order valence-corrected chi connectivity index (χ4v) is 5.17. The summed E-state index contributed by atoms with van der Waals surface area (Å²) in [5.41, 5.74) is 0.912. The Kier molecular flexibility index (Phi) is 4.23. The van der Waals surface area contributed by atoms with E-state index in [1.54, 1.807) is 24.1 Å². The Morgan fingerprint density at radius 3 is 2.43 bits per heavy atom. The molecule has 2 aromatic rings. The molecule has 10 heteroatoms. The molecular formula is C18H16F3N3O3S. The van der Waals surface area contributed by atoms with Gasteiger partial charge in [-0.15, -0.1) is 0 Å². The summed E-state index contributed by atoms with van der Waals surface area (Å²) >= 11 is 0. The number of carbonyl (C=O) groups is 1. The van der Waals surface area contributed by atoms with Gasteiger partial charge in [0.15, 0.2) is 0 Å². The van der Waals surface area contributed by atoms with E-state index in [1.165, 1.54) is 4.31 Å². The summed E-state index contributed by atoms with van der Waals surface area (Å²) in [4.78, 5) is 18.2. The van der Waals surface area contributed by atoms with Gasteiger partial charge in [0.1, 0.15) is 0 Å². The molecule has 3 heterocycles. The molecule has 0 spiro atoms. The van der Waals surface area contributed by atoms with Crippen molar-refractivity contribution in [1.29, 1.82) is 0 Å². The lowest BCUT2D eigenvalue weighted by Gasteiger charge is -2.37. The summed E-state index contributed by atoms with van der Waals surface area (Å²) in [6, 6.07) is 4.72. The molecule has 0 bridgehead atoms. The zero-order chi connectivity index (χ0) is 20.3. The molecular weight excluding hydrogens is 395 g/mol. The number of hydrogen-bond acceptors (Lipinski definition) is 4. The van der Waals surface area contributed by atoms with E-state index in [4.69, 9.17) is 0 Å². The molecule has 1 fully saturated rings. The van der Waals surface area contributed by atoms with Gasteiger partial charge in [0.05, 0.1) is 27.8 Å². The second-order valence-corrected chi connectivity index (χ2v) is 8.70. The predicted octanol–water partition coefficient (Wildman–Crippen LogP) is 2.61. The number of sulfonamides is 1. The van der Waals surface area contributed by atoms with Crippen molar-refractivity contribution in [1.82, 2.24) is 14.2 Å². The molecule has 0 saturated carbocycles. The zero-order valence-corrected chi connectivity index (χ0v) is 15.6. The number of carbonyl (C=O) groups excluding carboxylic acids is 1. The van der Waals surface area contributed by atoms with Gasteiger partial charge in [0.2, 0.25) is 10.0 Å². The average Bonchev–Trinajstić information content (AvgIpc) is 2.94. The number of aromatic nitrogens is 1. The Hall–Kier alpha value is -2.46. The molecule has 0 N–H and O–H groups in total. The lowest BCUT2D eigenvalue weighted by atomic mass is 10.0. The molecule has 4 rings (SSSR count). The van der Waals surface area contributed by atoms with Gasteiger partial charge in [-0.2, -0.15) is 17.5 Å². The molecule has 1 aromatic carbocycles. The molecule has 1 aromatic heterocycles. The molecule has 2 aliphatic rings. The number of rotatable bonds is 2. The van der Waals surface area contributed by atoms with Gasteiger partial charge in [0.25, 0.3) is 5.91 Å². The number of pyridine rings is 1. The number of fused-ring (bicyclic) bond motifs is 3. The lowest BCUT2D eigenvalue weighted by molar-refractivity contribution is -0.137. The van der Waals surface area contributed by atoms with Crippen LogP contribution < -0.4 is 0 Å². The van der Waals surface area contributed by atoms with E-state index < -0.39 is 27.8 Å². The summed E-state index contributed by atoms with van der Waals surface area (Å²) in [6.45, 7) is 2.06. The van der Waals surface area contributed by atoms with Crippen molar-refractivity contribution >= 4 is 15.9 Å². The molecule has 2 aliphatic heterocycles. The summed E-state index contributed by atoms with van der Waals surface area (Å²) in [7, 11) is -3.98. The Morgan fingerprint density at radius 2 is 1.79 bits per heavy atom. The van der Waals surface area contributed by atoms with Crippen LogP contribution in [0, 0.1) is 6.92 Å². The SMILES string of the molecule is Cc1nccc2c1C(=O)N1CCN(S(=O)(=O)c3ccc(C(F)(F)F)cc3)CC21. The number of halogens is 3. The average molecular weight is 411 g/mol. The number of piperazine rings is 1. The van der Waals surface area contributed by atoms with Crippen molar-refractivity contribution in [3.8, 4) is 0 Å². The van der Waals surface area contributed by atoms with Gasteiger partial charge < -0.3 is 4.90 Å². The maximum atomic E-state index is 12.9. The maximum Gasteiger partial charge on any atom is 0.416 e. The second-order valence-electron chi connectivity index (χ2n) is 6.76. The Morgan fingerprint density at radius 1 is 1.11 bits per heavy atom. The number of alkyl halides is 3. The van der Waals surface area contributed by atoms with Gasteiger partial charge in [-0.3, -0.25) is 9.78 Å². The highest BCUT2D eigenvalue weighted by molar-refractivity contribution is 7.89. The van der Waals surface area contributed by atoms with Crippen LogP contribution in [0.5, 0.6) is 0 Å². The number of amides is 1. The van der Waals surface area contributed by atoms with Crippen molar-refractivity contribution in [2.75, 3.05) is 19.6 Å². The highest BCUT2D eigenvalue weighted by Gasteiger charge is 2.44. The van der Waals surface area contributed by atoms with Crippen LogP contribution >= 0.6 is 0 Å². The van der Waals surface area contributed by atoms with Gasteiger partial charge in [-0.25, -0.2) is 8.42 Å². The topological polar surface area (TPSA) is 70.6 Å². The number of nitrogens with zero attached hydrogens (tertiary/aromatic N) is 3. The van der Waals surface area contributed by atoms with E-state index in [-0.39, 0.29) is 30.4 Å². The molecule has 0 radical (unpaired) electrons. The molecule has 1 saturated heterocycles. The van der Waals surface area contributed by atoms with Crippen LogP contribution in [0.2, 0.25) is 0 Å². The predicted molar refractivity (Wildman–Crippen MR) is 93.0 cm³/mol. The fraction of sp³-hybridized carbons (Fsp3) is 0.333. The quantitative estimate of drug-likeness (QED) is 0.762. The first-order valence-electron chi connectivity index (χ1n) is 8.54. The molecule has 28 heavy (non-hydrogen) atoms. The first-order chi connectivity index (χ1) is 13.1. The minimum absolute atomic E-state index is 0.0472. The normalized spacial score (nSPS) is 20.2. The largest absolute Gasteiger partial charge is 0.416 e. The standard InChI is InChI=1S/C18H16F3N3O3S/c1-11-16-14(6-7-22-11)15-10-23(8-9-24(15)17(16)25)28(26,27)13-4-2-12(3-5-13)18(19,20)21/h2-7,15H,8-10H2,1H3. The van der Waals surface area contributed by atoms with Crippen LogP contribution in [0.1, 0.15) is 33.2 Å². The van der Waals surface area contributed by atoms with E-state index in [1.807, 2.05) is 0 Å². The van der Waals surface area contributed by atoms with Crippen LogP contribution in [0.4, 0.5) is 13.2 Å². The van der Waals surface area contributed by atoms with Crippen molar-refractivity contribution in [2.24, 2.45) is 0 Å². The minimum Gasteiger partial charge on any atom is -0.329 e. The second kappa shape index (κ2) is 6.28. The molecule has 1 atom stereocenters. The monoisotopic (exact) mass is 411 g/mol. The minimum atomic E-state index is -4.53. The molecule has 6 nitrogen and oxygen atoms in total. The van der Waals surface area contributed by atoms with Gasteiger partial charge in [0, 0.05) is 25.8 Å². The van der Waals surface area contributed by atoms with E-state index in [9.17, 15) is 26.4 Å². The smallest absolute Gasteiger partial charge is 0.329 e. The van der Waals surface area contributed by atoms with E-state index in [0.717, 1.165) is 29.8 Å². The Bertz CT molecular complexity index is 1050. The third-order valence-corrected chi connectivity index (χ3v) is 7.05. The zero-order valence-electron chi connectivity index (χ0n) is 14.8. The Labute approximate surface area is 159 Å². The molecule has 0 aliphatic carbocycles. The fourth-order valence-electron chi connectivity index (χ4n) is 3.74. The van der Waals surface area contributed by atoms with Gasteiger partial charge >= 0.3 is 6.18 Å². The third-order valence-electron chi connectivity index (χ3n) is 5.17. The van der Waals surface area contributed by atoms with E-state index in [2.05, 4.69) is 4.98 Å². The number of benzene rings is 1. The third kappa shape index (κ3) is 2.87. The van der Waals surface area contributed by atoms with Crippen LogP contribution in [0.3, 0.4) is 0 Å². The molecule has 148 valence electrons. The van der Waals surface area contributed by atoms with Crippen LogP contribution in [0.15, 0.2) is 41.4 Å². The summed E-state index contributed by atoms with van der Waals surface area (Å²) in [5.74, 6) is -0.169. The van der Waals surface area contributed by atoms with Gasteiger partial charge in [-0.1, -0.05) is 0 Å². The van der Waals surface area contributed by atoms with Crippen molar-refractivity contribution in [2.45, 2.75) is 24.0 Å².